The van der Waals surface area contributed by atoms with Gasteiger partial charge in [-0.05, 0) is 18.2 Å². The Balaban J connectivity index is 2.82. The summed E-state index contributed by atoms with van der Waals surface area (Å²) in [4.78, 5) is 11.1. The molecule has 0 aliphatic carbocycles. The molecular weight excluding hydrogens is 241 g/mol. The van der Waals surface area contributed by atoms with Crippen LogP contribution in [0.3, 0.4) is 0 Å². The highest BCUT2D eigenvalue weighted by molar-refractivity contribution is 6.43. The van der Waals surface area contributed by atoms with Gasteiger partial charge in [0.15, 0.2) is 0 Å². The molecule has 0 aliphatic rings. The maximum Gasteiger partial charge on any atom is 0.294 e. The minimum atomic E-state index is -0.726. The number of hydrogen-bond acceptors (Lipinski definition) is 3. The van der Waals surface area contributed by atoms with Crippen molar-refractivity contribution in [3.8, 4) is 0 Å². The number of carbonyl (C=O) groups excluding carboxylic acids is 1. The SMILES string of the molecule is N/C(=N/O)C(=O)Nc1ccc(Cl)c(Cl)c1. The van der Waals surface area contributed by atoms with Crippen molar-refractivity contribution in [2.45, 2.75) is 0 Å². The molecule has 0 bridgehead atoms. The van der Waals surface area contributed by atoms with Gasteiger partial charge in [0.2, 0.25) is 5.84 Å². The Morgan fingerprint density at radius 1 is 1.40 bits per heavy atom. The predicted molar refractivity (Wildman–Crippen MR) is 58.5 cm³/mol. The number of nitrogens with one attached hydrogen (secondary N) is 1. The number of benzene rings is 1. The number of rotatable bonds is 1. The van der Waals surface area contributed by atoms with Gasteiger partial charge in [-0.1, -0.05) is 28.4 Å². The van der Waals surface area contributed by atoms with Crippen molar-refractivity contribution in [1.29, 1.82) is 0 Å². The van der Waals surface area contributed by atoms with Gasteiger partial charge in [0.1, 0.15) is 0 Å². The van der Waals surface area contributed by atoms with Crippen LogP contribution in [-0.4, -0.2) is 17.0 Å². The Bertz CT molecular complexity index is 420. The van der Waals surface area contributed by atoms with Crippen LogP contribution in [0.4, 0.5) is 5.69 Å². The molecule has 1 aromatic rings. The molecule has 0 aliphatic heterocycles. The van der Waals surface area contributed by atoms with Crippen molar-refractivity contribution in [3.05, 3.63) is 28.2 Å². The molecule has 0 heterocycles. The zero-order valence-electron chi connectivity index (χ0n) is 7.37. The van der Waals surface area contributed by atoms with E-state index in [2.05, 4.69) is 10.5 Å². The standard InChI is InChI=1S/C8H7Cl2N3O2/c9-5-2-1-4(3-6(5)10)12-8(14)7(11)13-15/h1-3,15H,(H2,11,13)(H,12,14). The van der Waals surface area contributed by atoms with Crippen LogP contribution in [0.25, 0.3) is 0 Å². The summed E-state index contributed by atoms with van der Waals surface area (Å²) in [5, 5.41) is 13.8. The summed E-state index contributed by atoms with van der Waals surface area (Å²) in [5.74, 6) is -1.27. The molecular formula is C8H7Cl2N3O2. The lowest BCUT2D eigenvalue weighted by molar-refractivity contribution is -0.110. The molecule has 0 unspecified atom stereocenters. The highest BCUT2D eigenvalue weighted by Crippen LogP contribution is 2.24. The molecule has 0 saturated carbocycles. The van der Waals surface area contributed by atoms with Gasteiger partial charge in [-0.15, -0.1) is 0 Å². The summed E-state index contributed by atoms with van der Waals surface area (Å²) in [5.41, 5.74) is 5.46. The largest absolute Gasteiger partial charge is 0.409 e. The van der Waals surface area contributed by atoms with Gasteiger partial charge in [-0.25, -0.2) is 0 Å². The van der Waals surface area contributed by atoms with Crippen molar-refractivity contribution in [3.63, 3.8) is 0 Å². The first kappa shape index (κ1) is 11.6. The van der Waals surface area contributed by atoms with Crippen LogP contribution < -0.4 is 11.1 Å². The van der Waals surface area contributed by atoms with Gasteiger partial charge in [0, 0.05) is 5.69 Å². The molecule has 0 aromatic heterocycles. The highest BCUT2D eigenvalue weighted by Gasteiger charge is 2.08. The third kappa shape index (κ3) is 3.00. The fraction of sp³-hybridized carbons (Fsp3) is 0. The van der Waals surface area contributed by atoms with E-state index in [1.54, 1.807) is 0 Å². The molecule has 7 heteroatoms. The zero-order valence-corrected chi connectivity index (χ0v) is 8.88. The quantitative estimate of drug-likeness (QED) is 0.306. The van der Waals surface area contributed by atoms with Crippen molar-refractivity contribution < 1.29 is 10.0 Å². The molecule has 1 aromatic carbocycles. The third-order valence-electron chi connectivity index (χ3n) is 1.52. The monoisotopic (exact) mass is 247 g/mol. The first-order valence-electron chi connectivity index (χ1n) is 3.78. The second-order valence-electron chi connectivity index (χ2n) is 2.57. The molecule has 0 radical (unpaired) electrons. The molecule has 4 N–H and O–H groups in total. The first-order valence-corrected chi connectivity index (χ1v) is 4.54. The van der Waals surface area contributed by atoms with Gasteiger partial charge >= 0.3 is 0 Å². The van der Waals surface area contributed by atoms with Gasteiger partial charge < -0.3 is 16.3 Å². The van der Waals surface area contributed by atoms with Crippen LogP contribution in [0.1, 0.15) is 0 Å². The molecule has 80 valence electrons. The fourth-order valence-corrected chi connectivity index (χ4v) is 1.11. The van der Waals surface area contributed by atoms with Crippen molar-refractivity contribution in [2.75, 3.05) is 5.32 Å². The van der Waals surface area contributed by atoms with Crippen LogP contribution in [0, 0.1) is 0 Å². The van der Waals surface area contributed by atoms with E-state index in [1.807, 2.05) is 0 Å². The number of anilines is 1. The van der Waals surface area contributed by atoms with E-state index in [1.165, 1.54) is 18.2 Å². The van der Waals surface area contributed by atoms with Crippen molar-refractivity contribution in [1.82, 2.24) is 0 Å². The van der Waals surface area contributed by atoms with E-state index in [4.69, 9.17) is 34.1 Å². The first-order chi connectivity index (χ1) is 7.04. The maximum absolute atomic E-state index is 11.1. The number of amides is 1. The molecule has 0 atom stereocenters. The minimum absolute atomic E-state index is 0.300. The number of nitrogens with two attached hydrogens (primary N) is 1. The average molecular weight is 248 g/mol. The lowest BCUT2D eigenvalue weighted by Crippen LogP contribution is -2.30. The molecule has 1 rings (SSSR count). The molecule has 0 fully saturated rings. The van der Waals surface area contributed by atoms with E-state index in [-0.39, 0.29) is 0 Å². The van der Waals surface area contributed by atoms with E-state index in [0.29, 0.717) is 15.7 Å². The number of hydrogen-bond donors (Lipinski definition) is 3. The summed E-state index contributed by atoms with van der Waals surface area (Å²) in [6, 6.07) is 4.51. The summed E-state index contributed by atoms with van der Waals surface area (Å²) in [6.45, 7) is 0. The van der Waals surface area contributed by atoms with Gasteiger partial charge in [0.25, 0.3) is 5.91 Å². The predicted octanol–water partition coefficient (Wildman–Crippen LogP) is 1.68. The Morgan fingerprint density at radius 2 is 2.07 bits per heavy atom. The summed E-state index contributed by atoms with van der Waals surface area (Å²) >= 11 is 11.4. The Labute approximate surface area is 95.5 Å². The minimum Gasteiger partial charge on any atom is -0.409 e. The normalized spacial score (nSPS) is 11.2. The summed E-state index contributed by atoms with van der Waals surface area (Å²) < 4.78 is 0. The number of carbonyl (C=O) groups is 1. The highest BCUT2D eigenvalue weighted by atomic mass is 35.5. The fourth-order valence-electron chi connectivity index (χ4n) is 0.814. The zero-order chi connectivity index (χ0) is 11.4. The van der Waals surface area contributed by atoms with E-state index < -0.39 is 11.7 Å². The van der Waals surface area contributed by atoms with Crippen LogP contribution in [-0.2, 0) is 4.79 Å². The van der Waals surface area contributed by atoms with E-state index in [0.717, 1.165) is 0 Å². The Hall–Kier alpha value is -1.46. The molecule has 1 amide bonds. The topological polar surface area (TPSA) is 87.7 Å². The molecule has 0 spiro atoms. The van der Waals surface area contributed by atoms with Crippen LogP contribution in [0.2, 0.25) is 10.0 Å². The van der Waals surface area contributed by atoms with E-state index in [9.17, 15) is 4.79 Å². The number of oxime groups is 1. The second kappa shape index (κ2) is 4.86. The van der Waals surface area contributed by atoms with Gasteiger partial charge in [-0.2, -0.15) is 0 Å². The smallest absolute Gasteiger partial charge is 0.294 e. The lowest BCUT2D eigenvalue weighted by atomic mass is 10.3. The van der Waals surface area contributed by atoms with Crippen LogP contribution in [0.15, 0.2) is 23.4 Å². The lowest BCUT2D eigenvalue weighted by Gasteiger charge is -2.04. The van der Waals surface area contributed by atoms with Gasteiger partial charge in [0.05, 0.1) is 10.0 Å². The summed E-state index contributed by atoms with van der Waals surface area (Å²) in [6.07, 6.45) is 0. The maximum atomic E-state index is 11.1. The Morgan fingerprint density at radius 3 is 2.60 bits per heavy atom. The second-order valence-corrected chi connectivity index (χ2v) is 3.38. The average Bonchev–Trinajstić information content (AvgIpc) is 2.22. The Kier molecular flexibility index (Phi) is 3.76. The third-order valence-corrected chi connectivity index (χ3v) is 2.26. The van der Waals surface area contributed by atoms with Crippen LogP contribution in [0.5, 0.6) is 0 Å². The molecule has 15 heavy (non-hydrogen) atoms. The number of halogens is 2. The van der Waals surface area contributed by atoms with E-state index >= 15 is 0 Å². The van der Waals surface area contributed by atoms with Crippen molar-refractivity contribution in [2.24, 2.45) is 10.9 Å². The van der Waals surface area contributed by atoms with Crippen LogP contribution >= 0.6 is 23.2 Å². The molecule has 0 saturated heterocycles. The number of nitrogens with zero attached hydrogens (tertiary/aromatic N) is 1. The molecule has 5 nitrogen and oxygen atoms in total. The van der Waals surface area contributed by atoms with Gasteiger partial charge in [-0.3, -0.25) is 4.79 Å². The summed E-state index contributed by atoms with van der Waals surface area (Å²) in [7, 11) is 0. The number of amidine groups is 1. The van der Waals surface area contributed by atoms with Crippen molar-refractivity contribution >= 4 is 40.6 Å².